The average Bonchev–Trinajstić information content (AvgIpc) is 3.06. The molecular weight excluding hydrogens is 260 g/mol. The first kappa shape index (κ1) is 14.1. The van der Waals surface area contributed by atoms with Gasteiger partial charge in [-0.15, -0.1) is 0 Å². The molecule has 0 aliphatic rings. The molecule has 2 rings (SSSR count). The van der Waals surface area contributed by atoms with Gasteiger partial charge < -0.3 is 15.7 Å². The molecule has 2 heterocycles. The number of nitrogens with one attached hydrogen (secondary N) is 2. The van der Waals surface area contributed by atoms with Crippen molar-refractivity contribution in [3.63, 3.8) is 0 Å². The number of likely N-dealkylation sites (N-methyl/N-ethyl adjacent to an activating group) is 1. The van der Waals surface area contributed by atoms with Crippen molar-refractivity contribution >= 4 is 11.6 Å². The Balaban J connectivity index is 1.85. The predicted molar refractivity (Wildman–Crippen MR) is 72.9 cm³/mol. The van der Waals surface area contributed by atoms with E-state index in [9.17, 15) is 4.79 Å². The maximum Gasteiger partial charge on any atom is 0.241 e. The maximum absolute atomic E-state index is 11.2. The normalized spacial score (nSPS) is 10.5. The van der Waals surface area contributed by atoms with E-state index in [2.05, 4.69) is 20.8 Å². The van der Waals surface area contributed by atoms with Gasteiger partial charge in [-0.2, -0.15) is 10.2 Å². The zero-order valence-corrected chi connectivity index (χ0v) is 11.3. The fourth-order valence-corrected chi connectivity index (χ4v) is 1.69. The van der Waals surface area contributed by atoms with E-state index in [1.807, 2.05) is 6.20 Å². The van der Waals surface area contributed by atoms with Gasteiger partial charge in [0, 0.05) is 31.5 Å². The van der Waals surface area contributed by atoms with Gasteiger partial charge in [0.1, 0.15) is 6.54 Å². The van der Waals surface area contributed by atoms with Crippen LogP contribution in [0.1, 0.15) is 5.56 Å². The van der Waals surface area contributed by atoms with E-state index in [-0.39, 0.29) is 19.1 Å². The van der Waals surface area contributed by atoms with Crippen LogP contribution in [0, 0.1) is 0 Å². The minimum Gasteiger partial charge on any atom is -0.394 e. The quantitative estimate of drug-likeness (QED) is 0.630. The second kappa shape index (κ2) is 6.71. The van der Waals surface area contributed by atoms with Gasteiger partial charge in [-0.1, -0.05) is 0 Å². The van der Waals surface area contributed by atoms with E-state index in [0.29, 0.717) is 13.1 Å². The van der Waals surface area contributed by atoms with Crippen molar-refractivity contribution in [1.29, 1.82) is 0 Å². The molecule has 0 aliphatic carbocycles. The number of aliphatic hydroxyl groups excluding tert-OH is 1. The van der Waals surface area contributed by atoms with Crippen LogP contribution < -0.4 is 10.6 Å². The molecule has 0 spiro atoms. The molecular formula is C12H18N6O2. The number of amides is 1. The van der Waals surface area contributed by atoms with E-state index in [4.69, 9.17) is 5.11 Å². The number of anilines is 1. The van der Waals surface area contributed by atoms with Gasteiger partial charge in [-0.25, -0.2) is 0 Å². The largest absolute Gasteiger partial charge is 0.394 e. The van der Waals surface area contributed by atoms with Crippen molar-refractivity contribution in [3.8, 4) is 0 Å². The standard InChI is InChI=1S/C12H18N6O2/c1-13-12(20)9-18-8-11(6-16-18)14-4-10-5-15-17(7-10)2-3-19/h5-8,14,19H,2-4,9H2,1H3,(H,13,20). The van der Waals surface area contributed by atoms with Gasteiger partial charge in [0.25, 0.3) is 0 Å². The van der Waals surface area contributed by atoms with Crippen molar-refractivity contribution in [1.82, 2.24) is 24.9 Å². The molecule has 2 aromatic rings. The molecule has 0 saturated heterocycles. The Morgan fingerprint density at radius 3 is 2.85 bits per heavy atom. The second-order valence-electron chi connectivity index (χ2n) is 4.29. The summed E-state index contributed by atoms with van der Waals surface area (Å²) < 4.78 is 3.25. The van der Waals surface area contributed by atoms with Gasteiger partial charge in [0.2, 0.25) is 5.91 Å². The number of aromatic nitrogens is 4. The van der Waals surface area contributed by atoms with Gasteiger partial charge >= 0.3 is 0 Å². The first-order valence-electron chi connectivity index (χ1n) is 6.30. The molecule has 2 aromatic heterocycles. The Bertz CT molecular complexity index is 562. The van der Waals surface area contributed by atoms with Crippen molar-refractivity contribution in [2.75, 3.05) is 19.0 Å². The predicted octanol–water partition coefficient (Wildman–Crippen LogP) is -0.570. The Labute approximate surface area is 116 Å². The lowest BCUT2D eigenvalue weighted by atomic mass is 10.3. The molecule has 0 saturated carbocycles. The lowest BCUT2D eigenvalue weighted by Gasteiger charge is -2.01. The molecule has 3 N–H and O–H groups in total. The smallest absolute Gasteiger partial charge is 0.241 e. The summed E-state index contributed by atoms with van der Waals surface area (Å²) in [5, 5.41) is 22.8. The van der Waals surface area contributed by atoms with Crippen molar-refractivity contribution in [2.45, 2.75) is 19.6 Å². The highest BCUT2D eigenvalue weighted by Crippen LogP contribution is 2.07. The third-order valence-corrected chi connectivity index (χ3v) is 2.73. The molecule has 0 unspecified atom stereocenters. The van der Waals surface area contributed by atoms with Crippen LogP contribution >= 0.6 is 0 Å². The van der Waals surface area contributed by atoms with Crippen molar-refractivity contribution < 1.29 is 9.90 Å². The van der Waals surface area contributed by atoms with E-state index in [1.54, 1.807) is 35.0 Å². The summed E-state index contributed by atoms with van der Waals surface area (Å²) in [6.07, 6.45) is 7.06. The topological polar surface area (TPSA) is 97.0 Å². The van der Waals surface area contributed by atoms with E-state index >= 15 is 0 Å². The molecule has 8 nitrogen and oxygen atoms in total. The molecule has 0 aromatic carbocycles. The minimum absolute atomic E-state index is 0.0702. The van der Waals surface area contributed by atoms with Crippen molar-refractivity contribution in [2.24, 2.45) is 0 Å². The molecule has 20 heavy (non-hydrogen) atoms. The highest BCUT2D eigenvalue weighted by Gasteiger charge is 2.03. The molecule has 1 amide bonds. The summed E-state index contributed by atoms with van der Waals surface area (Å²) in [5.74, 6) is -0.0927. The van der Waals surface area contributed by atoms with E-state index in [1.165, 1.54) is 0 Å². The zero-order valence-electron chi connectivity index (χ0n) is 11.3. The third kappa shape index (κ3) is 3.82. The molecule has 0 radical (unpaired) electrons. The van der Waals surface area contributed by atoms with Crippen LogP contribution in [0.15, 0.2) is 24.8 Å². The fourth-order valence-electron chi connectivity index (χ4n) is 1.69. The van der Waals surface area contributed by atoms with Gasteiger partial charge in [-0.05, 0) is 0 Å². The number of carbonyl (C=O) groups is 1. The van der Waals surface area contributed by atoms with E-state index in [0.717, 1.165) is 11.3 Å². The van der Waals surface area contributed by atoms with Gasteiger partial charge in [0.15, 0.2) is 0 Å². The van der Waals surface area contributed by atoms with Crippen LogP contribution in [0.4, 0.5) is 5.69 Å². The Hall–Kier alpha value is -2.35. The van der Waals surface area contributed by atoms with Gasteiger partial charge in [-0.3, -0.25) is 14.2 Å². The zero-order chi connectivity index (χ0) is 14.4. The van der Waals surface area contributed by atoms with Crippen LogP contribution in [0.3, 0.4) is 0 Å². The van der Waals surface area contributed by atoms with Crippen LogP contribution in [0.2, 0.25) is 0 Å². The second-order valence-corrected chi connectivity index (χ2v) is 4.29. The monoisotopic (exact) mass is 278 g/mol. The Morgan fingerprint density at radius 1 is 1.30 bits per heavy atom. The summed E-state index contributed by atoms with van der Waals surface area (Å²) >= 11 is 0. The first-order chi connectivity index (χ1) is 9.71. The van der Waals surface area contributed by atoms with Crippen LogP contribution in [-0.2, 0) is 24.4 Å². The maximum atomic E-state index is 11.2. The minimum atomic E-state index is -0.0927. The molecule has 0 bridgehead atoms. The van der Waals surface area contributed by atoms with Crippen LogP contribution in [-0.4, -0.2) is 44.2 Å². The SMILES string of the molecule is CNC(=O)Cn1cc(NCc2cnn(CCO)c2)cn1. The molecule has 0 aliphatic heterocycles. The van der Waals surface area contributed by atoms with Gasteiger partial charge in [0.05, 0.1) is 31.2 Å². The highest BCUT2D eigenvalue weighted by molar-refractivity contribution is 5.75. The number of rotatable bonds is 7. The lowest BCUT2D eigenvalue weighted by molar-refractivity contribution is -0.121. The summed E-state index contributed by atoms with van der Waals surface area (Å²) in [4.78, 5) is 11.2. The van der Waals surface area contributed by atoms with Crippen LogP contribution in [0.25, 0.3) is 0 Å². The summed E-state index contributed by atoms with van der Waals surface area (Å²) in [6.45, 7) is 1.37. The summed E-state index contributed by atoms with van der Waals surface area (Å²) in [7, 11) is 1.59. The number of hydrogen-bond acceptors (Lipinski definition) is 5. The number of carbonyl (C=O) groups excluding carboxylic acids is 1. The fraction of sp³-hybridized carbons (Fsp3) is 0.417. The van der Waals surface area contributed by atoms with Crippen LogP contribution in [0.5, 0.6) is 0 Å². The Morgan fingerprint density at radius 2 is 2.10 bits per heavy atom. The van der Waals surface area contributed by atoms with E-state index < -0.39 is 0 Å². The summed E-state index contributed by atoms with van der Waals surface area (Å²) in [6, 6.07) is 0. The number of nitrogens with zero attached hydrogens (tertiary/aromatic N) is 4. The average molecular weight is 278 g/mol. The third-order valence-electron chi connectivity index (χ3n) is 2.73. The highest BCUT2D eigenvalue weighted by atomic mass is 16.3. The summed E-state index contributed by atoms with van der Waals surface area (Å²) in [5.41, 5.74) is 1.85. The van der Waals surface area contributed by atoms with Crippen molar-refractivity contribution in [3.05, 3.63) is 30.4 Å². The molecule has 108 valence electrons. The number of hydrogen-bond donors (Lipinski definition) is 3. The molecule has 0 fully saturated rings. The Kier molecular flexibility index (Phi) is 4.72. The molecule has 8 heteroatoms. The first-order valence-corrected chi connectivity index (χ1v) is 6.30. The molecule has 0 atom stereocenters. The number of aliphatic hydroxyl groups is 1. The lowest BCUT2D eigenvalue weighted by Crippen LogP contribution is -2.23.